The molecule has 19 heavy (non-hydrogen) atoms. The largest absolute Gasteiger partial charge is 0.293 e. The highest BCUT2D eigenvalue weighted by Gasteiger charge is 2.15. The van der Waals surface area contributed by atoms with Gasteiger partial charge in [0, 0.05) is 23.4 Å². The minimum Gasteiger partial charge on any atom is -0.293 e. The van der Waals surface area contributed by atoms with Gasteiger partial charge in [-0.3, -0.25) is 15.3 Å². The average molecular weight is 255 g/mol. The first-order valence-corrected chi connectivity index (χ1v) is 6.22. The van der Waals surface area contributed by atoms with Gasteiger partial charge in [-0.1, -0.05) is 6.07 Å². The van der Waals surface area contributed by atoms with Crippen LogP contribution < -0.4 is 5.32 Å². The van der Waals surface area contributed by atoms with Crippen LogP contribution in [-0.2, 0) is 0 Å². The van der Waals surface area contributed by atoms with Gasteiger partial charge in [-0.15, -0.1) is 0 Å². The van der Waals surface area contributed by atoms with Gasteiger partial charge in [0.05, 0.1) is 18.1 Å². The molecular formula is C15H14FN3. The monoisotopic (exact) mass is 255 g/mol. The Kier molecular flexibility index (Phi) is 3.09. The summed E-state index contributed by atoms with van der Waals surface area (Å²) >= 11 is 0. The van der Waals surface area contributed by atoms with Gasteiger partial charge >= 0.3 is 0 Å². The number of aromatic nitrogens is 1. The molecule has 0 bridgehead atoms. The van der Waals surface area contributed by atoms with E-state index in [1.54, 1.807) is 6.07 Å². The zero-order valence-electron chi connectivity index (χ0n) is 10.7. The number of aryl methyl sites for hydroxylation is 1. The normalized spacial score (nSPS) is 14.5. The maximum atomic E-state index is 13.5. The molecule has 0 saturated carbocycles. The molecule has 4 heteroatoms. The number of pyridine rings is 1. The molecule has 3 nitrogen and oxygen atoms in total. The molecule has 1 aromatic heterocycles. The van der Waals surface area contributed by atoms with Crippen LogP contribution in [0.1, 0.15) is 11.3 Å². The van der Waals surface area contributed by atoms with E-state index in [4.69, 9.17) is 0 Å². The molecule has 1 aliphatic heterocycles. The minimum atomic E-state index is -0.256. The van der Waals surface area contributed by atoms with Crippen LogP contribution in [0.15, 0.2) is 41.4 Å². The van der Waals surface area contributed by atoms with Crippen LogP contribution in [0.3, 0.4) is 0 Å². The van der Waals surface area contributed by atoms with Crippen LogP contribution in [0.5, 0.6) is 0 Å². The Labute approximate surface area is 111 Å². The van der Waals surface area contributed by atoms with Crippen molar-refractivity contribution in [1.82, 2.24) is 10.3 Å². The Morgan fingerprint density at radius 1 is 1.16 bits per heavy atom. The second-order valence-electron chi connectivity index (χ2n) is 4.54. The molecule has 1 aromatic carbocycles. The van der Waals surface area contributed by atoms with E-state index in [1.165, 1.54) is 12.1 Å². The Balaban J connectivity index is 2.16. The summed E-state index contributed by atoms with van der Waals surface area (Å²) in [4.78, 5) is 8.87. The van der Waals surface area contributed by atoms with Crippen LogP contribution in [0.4, 0.5) is 4.39 Å². The van der Waals surface area contributed by atoms with Crippen LogP contribution in [0, 0.1) is 12.7 Å². The number of nitrogens with one attached hydrogen (secondary N) is 1. The SMILES string of the molecule is Cc1cccc(-c2cc(F)ccc2C2=NCNC2)n1. The lowest BCUT2D eigenvalue weighted by atomic mass is 9.99. The van der Waals surface area contributed by atoms with E-state index in [0.717, 1.165) is 28.2 Å². The smallest absolute Gasteiger partial charge is 0.123 e. The van der Waals surface area contributed by atoms with Gasteiger partial charge < -0.3 is 0 Å². The number of aliphatic imine (C=N–C) groups is 1. The van der Waals surface area contributed by atoms with Crippen LogP contribution >= 0.6 is 0 Å². The molecule has 0 fully saturated rings. The molecule has 0 unspecified atom stereocenters. The standard InChI is InChI=1S/C15H14FN3/c1-10-3-2-4-14(19-10)13-7-11(16)5-6-12(13)15-8-17-9-18-15/h2-7,17H,8-9H2,1H3. The van der Waals surface area contributed by atoms with Crippen molar-refractivity contribution >= 4 is 5.71 Å². The Hall–Kier alpha value is -2.07. The van der Waals surface area contributed by atoms with Crippen molar-refractivity contribution in [1.29, 1.82) is 0 Å². The highest BCUT2D eigenvalue weighted by molar-refractivity contribution is 6.07. The van der Waals surface area contributed by atoms with Gasteiger partial charge in [0.1, 0.15) is 5.82 Å². The summed E-state index contributed by atoms with van der Waals surface area (Å²) in [6, 6.07) is 10.5. The Morgan fingerprint density at radius 3 is 2.79 bits per heavy atom. The number of hydrogen-bond donors (Lipinski definition) is 1. The van der Waals surface area contributed by atoms with Crippen molar-refractivity contribution in [2.75, 3.05) is 13.2 Å². The fraction of sp³-hybridized carbons (Fsp3) is 0.200. The number of halogens is 1. The second-order valence-corrected chi connectivity index (χ2v) is 4.54. The van der Waals surface area contributed by atoms with Crippen LogP contribution in [0.2, 0.25) is 0 Å². The summed E-state index contributed by atoms with van der Waals surface area (Å²) < 4.78 is 13.5. The molecule has 0 spiro atoms. The summed E-state index contributed by atoms with van der Waals surface area (Å²) in [5.41, 5.74) is 4.40. The summed E-state index contributed by atoms with van der Waals surface area (Å²) in [7, 11) is 0. The van der Waals surface area contributed by atoms with Gasteiger partial charge in [0.2, 0.25) is 0 Å². The van der Waals surface area contributed by atoms with Gasteiger partial charge in [-0.2, -0.15) is 0 Å². The van der Waals surface area contributed by atoms with Crippen molar-refractivity contribution < 1.29 is 4.39 Å². The maximum Gasteiger partial charge on any atom is 0.123 e. The molecule has 3 rings (SSSR count). The molecule has 0 amide bonds. The first-order chi connectivity index (χ1) is 9.24. The van der Waals surface area contributed by atoms with E-state index < -0.39 is 0 Å². The van der Waals surface area contributed by atoms with Crippen molar-refractivity contribution in [3.63, 3.8) is 0 Å². The van der Waals surface area contributed by atoms with Crippen molar-refractivity contribution in [2.45, 2.75) is 6.92 Å². The average Bonchev–Trinajstić information content (AvgIpc) is 2.92. The highest BCUT2D eigenvalue weighted by Crippen LogP contribution is 2.24. The minimum absolute atomic E-state index is 0.256. The molecule has 0 saturated heterocycles. The lowest BCUT2D eigenvalue weighted by Crippen LogP contribution is -2.14. The predicted octanol–water partition coefficient (Wildman–Crippen LogP) is 2.55. The quantitative estimate of drug-likeness (QED) is 0.895. The molecule has 0 aliphatic carbocycles. The number of hydrogen-bond acceptors (Lipinski definition) is 3. The predicted molar refractivity (Wildman–Crippen MR) is 73.8 cm³/mol. The third-order valence-electron chi connectivity index (χ3n) is 3.13. The van der Waals surface area contributed by atoms with Crippen molar-refractivity contribution in [3.8, 4) is 11.3 Å². The molecular weight excluding hydrogens is 241 g/mol. The first kappa shape index (κ1) is 12.0. The summed E-state index contributed by atoms with van der Waals surface area (Å²) in [5.74, 6) is -0.256. The maximum absolute atomic E-state index is 13.5. The number of benzene rings is 1. The molecule has 0 atom stereocenters. The third kappa shape index (κ3) is 2.39. The molecule has 0 radical (unpaired) electrons. The molecule has 96 valence electrons. The fourth-order valence-corrected chi connectivity index (χ4v) is 2.24. The Morgan fingerprint density at radius 2 is 2.05 bits per heavy atom. The molecule has 1 N–H and O–H groups in total. The fourth-order valence-electron chi connectivity index (χ4n) is 2.24. The summed E-state index contributed by atoms with van der Waals surface area (Å²) in [6.45, 7) is 3.26. The van der Waals surface area contributed by atoms with E-state index >= 15 is 0 Å². The Bertz CT molecular complexity index is 650. The van der Waals surface area contributed by atoms with Gasteiger partial charge in [0.15, 0.2) is 0 Å². The zero-order valence-corrected chi connectivity index (χ0v) is 10.7. The first-order valence-electron chi connectivity index (χ1n) is 6.22. The molecule has 2 aromatic rings. The highest BCUT2D eigenvalue weighted by atomic mass is 19.1. The van der Waals surface area contributed by atoms with Crippen molar-refractivity contribution in [2.24, 2.45) is 4.99 Å². The topological polar surface area (TPSA) is 37.3 Å². The van der Waals surface area contributed by atoms with Gasteiger partial charge in [-0.05, 0) is 37.3 Å². The van der Waals surface area contributed by atoms with Crippen LogP contribution in [0.25, 0.3) is 11.3 Å². The molecule has 2 heterocycles. The van der Waals surface area contributed by atoms with E-state index in [2.05, 4.69) is 15.3 Å². The summed E-state index contributed by atoms with van der Waals surface area (Å²) in [6.07, 6.45) is 0. The number of rotatable bonds is 2. The summed E-state index contributed by atoms with van der Waals surface area (Å²) in [5, 5.41) is 3.16. The lowest BCUT2D eigenvalue weighted by molar-refractivity contribution is 0.628. The van der Waals surface area contributed by atoms with E-state index in [9.17, 15) is 4.39 Å². The zero-order chi connectivity index (χ0) is 13.2. The van der Waals surface area contributed by atoms with Crippen molar-refractivity contribution in [3.05, 3.63) is 53.5 Å². The van der Waals surface area contributed by atoms with E-state index in [1.807, 2.05) is 25.1 Å². The lowest BCUT2D eigenvalue weighted by Gasteiger charge is -2.09. The second kappa shape index (κ2) is 4.90. The van der Waals surface area contributed by atoms with E-state index in [0.29, 0.717) is 13.2 Å². The van der Waals surface area contributed by atoms with Gasteiger partial charge in [0.25, 0.3) is 0 Å². The van der Waals surface area contributed by atoms with E-state index in [-0.39, 0.29) is 5.82 Å². The van der Waals surface area contributed by atoms with Gasteiger partial charge in [-0.25, -0.2) is 4.39 Å². The third-order valence-corrected chi connectivity index (χ3v) is 3.13. The number of nitrogens with zero attached hydrogens (tertiary/aromatic N) is 2. The molecule has 1 aliphatic rings. The van der Waals surface area contributed by atoms with Crippen LogP contribution in [-0.4, -0.2) is 23.9 Å².